The molecule has 2 aromatic carbocycles. The number of hydrogen-bond donors (Lipinski definition) is 1. The maximum absolute atomic E-state index is 12.2. The van der Waals surface area contributed by atoms with Gasteiger partial charge in [-0.15, -0.1) is 0 Å². The highest BCUT2D eigenvalue weighted by Crippen LogP contribution is 2.16. The van der Waals surface area contributed by atoms with Crippen molar-refractivity contribution in [3.8, 4) is 6.07 Å². The summed E-state index contributed by atoms with van der Waals surface area (Å²) in [6.07, 6.45) is 0. The molecule has 0 aromatic heterocycles. The van der Waals surface area contributed by atoms with Crippen LogP contribution in [0.5, 0.6) is 0 Å². The van der Waals surface area contributed by atoms with Crippen molar-refractivity contribution in [1.29, 1.82) is 5.26 Å². The lowest BCUT2D eigenvalue weighted by molar-refractivity contribution is -0.120. The number of nitrogens with zero attached hydrogens (tertiary/aromatic N) is 2. The van der Waals surface area contributed by atoms with Crippen LogP contribution in [0, 0.1) is 11.3 Å². The summed E-state index contributed by atoms with van der Waals surface area (Å²) in [5.74, 6) is -0.586. The number of hydrogen-bond acceptors (Lipinski definition) is 3. The summed E-state index contributed by atoms with van der Waals surface area (Å²) >= 11 is 0. The van der Waals surface area contributed by atoms with E-state index in [-0.39, 0.29) is 18.4 Å². The molecule has 2 amide bonds. The van der Waals surface area contributed by atoms with Gasteiger partial charge < -0.3 is 10.2 Å². The smallest absolute Gasteiger partial charge is 0.244 e. The van der Waals surface area contributed by atoms with Gasteiger partial charge in [-0.3, -0.25) is 9.59 Å². The molecule has 2 aromatic rings. The number of nitrogens with one attached hydrogen (secondary N) is 1. The van der Waals surface area contributed by atoms with Crippen LogP contribution in [0.25, 0.3) is 0 Å². The molecular weight excluding hydrogens is 278 g/mol. The van der Waals surface area contributed by atoms with Gasteiger partial charge in [-0.05, 0) is 24.3 Å². The number of benzene rings is 2. The average Bonchev–Trinajstić information content (AvgIpc) is 2.53. The first kappa shape index (κ1) is 15.3. The van der Waals surface area contributed by atoms with Crippen LogP contribution in [0.1, 0.15) is 12.5 Å². The maximum atomic E-state index is 12.2. The van der Waals surface area contributed by atoms with Gasteiger partial charge in [0.15, 0.2) is 0 Å². The van der Waals surface area contributed by atoms with Gasteiger partial charge in [0.05, 0.1) is 11.3 Å². The molecule has 2 rings (SSSR count). The molecule has 0 saturated heterocycles. The molecule has 0 aliphatic carbocycles. The molecule has 0 atom stereocenters. The predicted octanol–water partition coefficient (Wildman–Crippen LogP) is 2.55. The van der Waals surface area contributed by atoms with Crippen molar-refractivity contribution >= 4 is 23.2 Å². The van der Waals surface area contributed by atoms with E-state index in [1.54, 1.807) is 48.5 Å². The molecule has 0 radical (unpaired) electrons. The van der Waals surface area contributed by atoms with Gasteiger partial charge in [-0.1, -0.05) is 30.3 Å². The van der Waals surface area contributed by atoms with E-state index in [0.29, 0.717) is 16.9 Å². The topological polar surface area (TPSA) is 73.2 Å². The zero-order chi connectivity index (χ0) is 15.9. The lowest BCUT2D eigenvalue weighted by Crippen LogP contribution is -2.36. The summed E-state index contributed by atoms with van der Waals surface area (Å²) in [5.41, 5.74) is 1.47. The Morgan fingerprint density at radius 3 is 2.36 bits per heavy atom. The fraction of sp³-hybridized carbons (Fsp3) is 0.118. The third-order valence-electron chi connectivity index (χ3n) is 3.07. The maximum Gasteiger partial charge on any atom is 0.244 e. The second-order valence-electron chi connectivity index (χ2n) is 4.65. The van der Waals surface area contributed by atoms with Gasteiger partial charge in [0.1, 0.15) is 12.6 Å². The molecule has 0 unspecified atom stereocenters. The summed E-state index contributed by atoms with van der Waals surface area (Å²) in [6, 6.07) is 17.7. The third kappa shape index (κ3) is 3.70. The van der Waals surface area contributed by atoms with Crippen LogP contribution in [0.2, 0.25) is 0 Å². The van der Waals surface area contributed by atoms with Crippen LogP contribution >= 0.6 is 0 Å². The van der Waals surface area contributed by atoms with Gasteiger partial charge >= 0.3 is 0 Å². The highest BCUT2D eigenvalue weighted by Gasteiger charge is 2.16. The molecule has 5 heteroatoms. The number of carbonyl (C=O) groups excluding carboxylic acids is 2. The normalized spacial score (nSPS) is 9.64. The minimum Gasteiger partial charge on any atom is -0.323 e. The SMILES string of the molecule is CC(=O)N(CC(=O)Nc1ccccc1C#N)c1ccccc1. The molecule has 0 heterocycles. The standard InChI is InChI=1S/C17H15N3O2/c1-13(21)20(15-8-3-2-4-9-15)12-17(22)19-16-10-6-5-7-14(16)11-18/h2-10H,12H2,1H3,(H,19,22). The summed E-state index contributed by atoms with van der Waals surface area (Å²) in [5, 5.41) is 11.7. The van der Waals surface area contributed by atoms with Crippen molar-refractivity contribution in [2.24, 2.45) is 0 Å². The molecule has 22 heavy (non-hydrogen) atoms. The van der Waals surface area contributed by atoms with Crippen molar-refractivity contribution in [3.05, 3.63) is 60.2 Å². The largest absolute Gasteiger partial charge is 0.323 e. The fourth-order valence-electron chi connectivity index (χ4n) is 2.02. The summed E-state index contributed by atoms with van der Waals surface area (Å²) in [7, 11) is 0. The monoisotopic (exact) mass is 293 g/mol. The van der Waals surface area contributed by atoms with Gasteiger partial charge in [0.25, 0.3) is 0 Å². The number of nitriles is 1. The number of anilines is 2. The highest BCUT2D eigenvalue weighted by molar-refractivity contribution is 6.02. The Hall–Kier alpha value is -3.13. The Bertz CT molecular complexity index is 720. The van der Waals surface area contributed by atoms with Crippen molar-refractivity contribution in [2.45, 2.75) is 6.92 Å². The Morgan fingerprint density at radius 2 is 1.73 bits per heavy atom. The van der Waals surface area contributed by atoms with Crippen LogP contribution in [0.3, 0.4) is 0 Å². The quantitative estimate of drug-likeness (QED) is 0.941. The minimum atomic E-state index is -0.359. The van der Waals surface area contributed by atoms with Gasteiger partial charge in [0, 0.05) is 12.6 Å². The Kier molecular flexibility index (Phi) is 4.89. The highest BCUT2D eigenvalue weighted by atomic mass is 16.2. The van der Waals surface area contributed by atoms with Crippen molar-refractivity contribution in [3.63, 3.8) is 0 Å². The minimum absolute atomic E-state index is 0.112. The summed E-state index contributed by atoms with van der Waals surface area (Å²) in [6.45, 7) is 1.29. The van der Waals surface area contributed by atoms with Crippen LogP contribution in [0.4, 0.5) is 11.4 Å². The molecule has 0 fully saturated rings. The summed E-state index contributed by atoms with van der Waals surface area (Å²) < 4.78 is 0. The Labute approximate surface area is 128 Å². The van der Waals surface area contributed by atoms with E-state index in [2.05, 4.69) is 5.32 Å². The van der Waals surface area contributed by atoms with E-state index in [1.807, 2.05) is 12.1 Å². The number of rotatable bonds is 4. The van der Waals surface area contributed by atoms with E-state index < -0.39 is 0 Å². The van der Waals surface area contributed by atoms with E-state index in [4.69, 9.17) is 5.26 Å². The second kappa shape index (κ2) is 7.04. The average molecular weight is 293 g/mol. The van der Waals surface area contributed by atoms with Crippen LogP contribution in [-0.2, 0) is 9.59 Å². The van der Waals surface area contributed by atoms with Crippen molar-refractivity contribution in [1.82, 2.24) is 0 Å². The van der Waals surface area contributed by atoms with E-state index >= 15 is 0 Å². The predicted molar refractivity (Wildman–Crippen MR) is 84.3 cm³/mol. The molecule has 110 valence electrons. The number of amides is 2. The first-order valence-electron chi connectivity index (χ1n) is 6.74. The van der Waals surface area contributed by atoms with Gasteiger partial charge in [-0.2, -0.15) is 5.26 Å². The molecule has 0 saturated carbocycles. The third-order valence-corrected chi connectivity index (χ3v) is 3.07. The first-order chi connectivity index (χ1) is 10.6. The molecular formula is C17H15N3O2. The lowest BCUT2D eigenvalue weighted by Gasteiger charge is -2.20. The van der Waals surface area contributed by atoms with Crippen LogP contribution in [-0.4, -0.2) is 18.4 Å². The molecule has 1 N–H and O–H groups in total. The number of para-hydroxylation sites is 2. The van der Waals surface area contributed by atoms with Crippen LogP contribution in [0.15, 0.2) is 54.6 Å². The molecule has 0 spiro atoms. The van der Waals surface area contributed by atoms with Gasteiger partial charge in [0.2, 0.25) is 11.8 Å². The second-order valence-corrected chi connectivity index (χ2v) is 4.65. The Balaban J connectivity index is 2.13. The van der Waals surface area contributed by atoms with Crippen LogP contribution < -0.4 is 10.2 Å². The fourth-order valence-corrected chi connectivity index (χ4v) is 2.02. The lowest BCUT2D eigenvalue weighted by atomic mass is 10.2. The van der Waals surface area contributed by atoms with E-state index in [9.17, 15) is 9.59 Å². The molecule has 0 aliphatic rings. The zero-order valence-electron chi connectivity index (χ0n) is 12.1. The molecule has 5 nitrogen and oxygen atoms in total. The van der Waals surface area contributed by atoms with E-state index in [0.717, 1.165) is 0 Å². The summed E-state index contributed by atoms with van der Waals surface area (Å²) in [4.78, 5) is 25.3. The Morgan fingerprint density at radius 1 is 1.09 bits per heavy atom. The first-order valence-corrected chi connectivity index (χ1v) is 6.74. The zero-order valence-corrected chi connectivity index (χ0v) is 12.1. The number of carbonyl (C=O) groups is 2. The van der Waals surface area contributed by atoms with Gasteiger partial charge in [-0.25, -0.2) is 0 Å². The molecule has 0 aliphatic heterocycles. The van der Waals surface area contributed by atoms with E-state index in [1.165, 1.54) is 11.8 Å². The van der Waals surface area contributed by atoms with Crippen molar-refractivity contribution in [2.75, 3.05) is 16.8 Å². The van der Waals surface area contributed by atoms with Crippen molar-refractivity contribution < 1.29 is 9.59 Å². The molecule has 0 bridgehead atoms.